The first-order chi connectivity index (χ1) is 16.2. The Morgan fingerprint density at radius 3 is 1.62 bits per heavy atom. The quantitative estimate of drug-likeness (QED) is 0.249. The van der Waals surface area contributed by atoms with E-state index in [1.807, 2.05) is 18.2 Å². The molecule has 0 fully saturated rings. The van der Waals surface area contributed by atoms with Crippen molar-refractivity contribution < 1.29 is 30.6 Å². The van der Waals surface area contributed by atoms with Crippen LogP contribution in [-0.2, 0) is 25.7 Å². The zero-order chi connectivity index (χ0) is 25.3. The molecule has 190 valence electrons. The molecular formula is C28H42O6. The van der Waals surface area contributed by atoms with Gasteiger partial charge in [-0.2, -0.15) is 0 Å². The number of hydrogen-bond donors (Lipinski definition) is 6. The van der Waals surface area contributed by atoms with Gasteiger partial charge in [-0.15, -0.1) is 0 Å². The van der Waals surface area contributed by atoms with Gasteiger partial charge in [0, 0.05) is 0 Å². The van der Waals surface area contributed by atoms with Crippen molar-refractivity contribution in [1.82, 2.24) is 0 Å². The third-order valence-electron chi connectivity index (χ3n) is 6.70. The van der Waals surface area contributed by atoms with Crippen LogP contribution in [-0.4, -0.2) is 67.8 Å². The van der Waals surface area contributed by atoms with Gasteiger partial charge < -0.3 is 30.6 Å². The Bertz CT molecular complexity index is 856. The summed E-state index contributed by atoms with van der Waals surface area (Å²) < 4.78 is 0. The first-order valence-electron chi connectivity index (χ1n) is 12.4. The SMILES string of the molecule is CCc1cccc(CC(C)CC(Cc2cccc(CC)c2)C(O)[C@@H](O)[C@@H](O)[C@H](O)[C@@H](O)CO)c1. The maximum Gasteiger partial charge on any atom is 0.111 e. The van der Waals surface area contributed by atoms with Gasteiger partial charge in [-0.3, -0.25) is 0 Å². The fourth-order valence-electron chi connectivity index (χ4n) is 4.62. The minimum absolute atomic E-state index is 0.193. The van der Waals surface area contributed by atoms with Crippen LogP contribution in [0.15, 0.2) is 48.5 Å². The molecule has 7 atom stereocenters. The summed E-state index contributed by atoms with van der Waals surface area (Å²) >= 11 is 0. The maximum atomic E-state index is 11.1. The zero-order valence-electron chi connectivity index (χ0n) is 20.6. The standard InChI is InChI=1S/C28H42O6/c1-4-19-8-6-10-21(14-19)12-18(3)13-23(16-22-11-7-9-20(5-2)15-22)25(31)27(33)28(34)26(32)24(30)17-29/h6-11,14-15,18,23-34H,4-5,12-13,16-17H2,1-3H3/t18?,23?,24-,25?,26+,27+,28-/m0/s1. The van der Waals surface area contributed by atoms with Gasteiger partial charge in [0.1, 0.15) is 24.4 Å². The number of aliphatic hydroxyl groups is 6. The molecule has 2 rings (SSSR count). The molecule has 0 aliphatic rings. The molecule has 2 aromatic carbocycles. The first kappa shape index (κ1) is 28.4. The Morgan fingerprint density at radius 2 is 1.12 bits per heavy atom. The van der Waals surface area contributed by atoms with E-state index in [4.69, 9.17) is 5.11 Å². The van der Waals surface area contributed by atoms with Crippen LogP contribution in [0.3, 0.4) is 0 Å². The van der Waals surface area contributed by atoms with E-state index in [2.05, 4.69) is 51.1 Å². The van der Waals surface area contributed by atoms with Crippen LogP contribution in [0.5, 0.6) is 0 Å². The summed E-state index contributed by atoms with van der Waals surface area (Å²) in [7, 11) is 0. The van der Waals surface area contributed by atoms with E-state index in [-0.39, 0.29) is 11.8 Å². The lowest BCUT2D eigenvalue weighted by atomic mass is 9.80. The lowest BCUT2D eigenvalue weighted by Gasteiger charge is -2.34. The molecule has 0 aliphatic heterocycles. The number of rotatable bonds is 14. The lowest BCUT2D eigenvalue weighted by molar-refractivity contribution is -0.149. The van der Waals surface area contributed by atoms with Gasteiger partial charge >= 0.3 is 0 Å². The Balaban J connectivity index is 2.21. The second-order valence-electron chi connectivity index (χ2n) is 9.57. The van der Waals surface area contributed by atoms with E-state index in [1.165, 1.54) is 16.7 Å². The van der Waals surface area contributed by atoms with Crippen molar-refractivity contribution in [2.75, 3.05) is 6.61 Å². The Morgan fingerprint density at radius 1 is 0.647 bits per heavy atom. The Labute approximate surface area is 203 Å². The topological polar surface area (TPSA) is 121 Å². The van der Waals surface area contributed by atoms with Crippen LogP contribution in [0.2, 0.25) is 0 Å². The summed E-state index contributed by atoms with van der Waals surface area (Å²) in [5.41, 5.74) is 4.70. The second kappa shape index (κ2) is 13.9. The fraction of sp³-hybridized carbons (Fsp3) is 0.571. The summed E-state index contributed by atoms with van der Waals surface area (Å²) in [4.78, 5) is 0. The molecular weight excluding hydrogens is 432 g/mol. The summed E-state index contributed by atoms with van der Waals surface area (Å²) in [5.74, 6) is -0.196. The number of aryl methyl sites for hydroxylation is 2. The summed E-state index contributed by atoms with van der Waals surface area (Å²) in [6.07, 6.45) is -4.42. The number of aliphatic hydroxyl groups excluding tert-OH is 6. The molecule has 34 heavy (non-hydrogen) atoms. The smallest absolute Gasteiger partial charge is 0.111 e. The van der Waals surface area contributed by atoms with Crippen molar-refractivity contribution in [3.8, 4) is 0 Å². The molecule has 0 aliphatic carbocycles. The largest absolute Gasteiger partial charge is 0.394 e. The predicted octanol–water partition coefficient (Wildman–Crippen LogP) is 2.04. The molecule has 0 spiro atoms. The third kappa shape index (κ3) is 8.15. The lowest BCUT2D eigenvalue weighted by Crippen LogP contribution is -2.52. The van der Waals surface area contributed by atoms with E-state index in [1.54, 1.807) is 0 Å². The molecule has 6 heteroatoms. The van der Waals surface area contributed by atoms with Crippen molar-refractivity contribution in [2.45, 2.75) is 83.4 Å². The third-order valence-corrected chi connectivity index (χ3v) is 6.70. The molecule has 2 aromatic rings. The van der Waals surface area contributed by atoms with Crippen LogP contribution in [0.25, 0.3) is 0 Å². The molecule has 6 nitrogen and oxygen atoms in total. The van der Waals surface area contributed by atoms with Crippen LogP contribution >= 0.6 is 0 Å². The van der Waals surface area contributed by atoms with E-state index in [9.17, 15) is 25.5 Å². The summed E-state index contributed by atoms with van der Waals surface area (Å²) in [5, 5.41) is 60.8. The zero-order valence-corrected chi connectivity index (χ0v) is 20.6. The van der Waals surface area contributed by atoms with Gasteiger partial charge in [0.15, 0.2) is 0 Å². The highest BCUT2D eigenvalue weighted by molar-refractivity contribution is 5.25. The van der Waals surface area contributed by atoms with E-state index < -0.39 is 37.1 Å². The minimum atomic E-state index is -1.79. The molecule has 0 radical (unpaired) electrons. The molecule has 0 heterocycles. The average molecular weight is 475 g/mol. The highest BCUT2D eigenvalue weighted by atomic mass is 16.4. The van der Waals surface area contributed by atoms with Gasteiger partial charge in [0.2, 0.25) is 0 Å². The van der Waals surface area contributed by atoms with Gasteiger partial charge in [-0.1, -0.05) is 69.3 Å². The summed E-state index contributed by atoms with van der Waals surface area (Å²) in [6.45, 7) is 5.54. The van der Waals surface area contributed by atoms with Gasteiger partial charge in [0.05, 0.1) is 12.7 Å². The highest BCUT2D eigenvalue weighted by Gasteiger charge is 2.37. The fourth-order valence-corrected chi connectivity index (χ4v) is 4.62. The van der Waals surface area contributed by atoms with Crippen LogP contribution in [0.4, 0.5) is 0 Å². The Kier molecular flexibility index (Phi) is 11.6. The van der Waals surface area contributed by atoms with Crippen molar-refractivity contribution in [3.05, 3.63) is 70.8 Å². The van der Waals surface area contributed by atoms with E-state index >= 15 is 0 Å². The van der Waals surface area contributed by atoms with Crippen LogP contribution in [0, 0.1) is 11.8 Å². The second-order valence-corrected chi connectivity index (χ2v) is 9.57. The predicted molar refractivity (Wildman–Crippen MR) is 133 cm³/mol. The van der Waals surface area contributed by atoms with Crippen LogP contribution in [0.1, 0.15) is 49.4 Å². The van der Waals surface area contributed by atoms with Gasteiger partial charge in [0.25, 0.3) is 0 Å². The molecule has 0 aromatic heterocycles. The monoisotopic (exact) mass is 474 g/mol. The van der Waals surface area contributed by atoms with Crippen molar-refractivity contribution in [2.24, 2.45) is 11.8 Å². The van der Waals surface area contributed by atoms with Crippen molar-refractivity contribution in [3.63, 3.8) is 0 Å². The maximum absolute atomic E-state index is 11.1. The highest BCUT2D eigenvalue weighted by Crippen LogP contribution is 2.27. The van der Waals surface area contributed by atoms with Crippen molar-refractivity contribution >= 4 is 0 Å². The molecule has 0 saturated carbocycles. The number of hydrogen-bond acceptors (Lipinski definition) is 6. The molecule has 0 saturated heterocycles. The Hall–Kier alpha value is -1.80. The first-order valence-corrected chi connectivity index (χ1v) is 12.4. The molecule has 6 N–H and O–H groups in total. The summed E-state index contributed by atoms with van der Waals surface area (Å²) in [6, 6.07) is 16.5. The normalized spacial score (nSPS) is 18.0. The molecule has 0 amide bonds. The van der Waals surface area contributed by atoms with Gasteiger partial charge in [-0.25, -0.2) is 0 Å². The molecule has 0 bridgehead atoms. The van der Waals surface area contributed by atoms with Crippen LogP contribution < -0.4 is 0 Å². The van der Waals surface area contributed by atoms with Crippen molar-refractivity contribution in [1.29, 1.82) is 0 Å². The average Bonchev–Trinajstić information content (AvgIpc) is 2.86. The van der Waals surface area contributed by atoms with Gasteiger partial charge in [-0.05, 0) is 66.2 Å². The molecule has 3 unspecified atom stereocenters. The van der Waals surface area contributed by atoms with E-state index in [0.29, 0.717) is 12.8 Å². The minimum Gasteiger partial charge on any atom is -0.394 e. The number of benzene rings is 2. The van der Waals surface area contributed by atoms with E-state index in [0.717, 1.165) is 24.8 Å².